The Bertz CT molecular complexity index is 660. The smallest absolute Gasteiger partial charge is 0.300 e. The van der Waals surface area contributed by atoms with E-state index >= 15 is 0 Å². The van der Waals surface area contributed by atoms with Crippen molar-refractivity contribution in [2.45, 2.75) is 20.4 Å². The lowest BCUT2D eigenvalue weighted by atomic mass is 9.82. The molecule has 1 aromatic rings. The van der Waals surface area contributed by atoms with Crippen LogP contribution in [0.2, 0.25) is 0 Å². The third-order valence-corrected chi connectivity index (χ3v) is 4.32. The normalized spacial score (nSPS) is 22.9. The van der Waals surface area contributed by atoms with Crippen molar-refractivity contribution in [3.05, 3.63) is 11.7 Å². The van der Waals surface area contributed by atoms with Gasteiger partial charge in [0, 0.05) is 45.9 Å². The molecule has 158 valence electrons. The van der Waals surface area contributed by atoms with Crippen molar-refractivity contribution in [1.29, 1.82) is 0 Å². The van der Waals surface area contributed by atoms with Crippen LogP contribution in [-0.4, -0.2) is 88.0 Å². The first-order valence-electron chi connectivity index (χ1n) is 8.61. The van der Waals surface area contributed by atoms with Crippen LogP contribution in [0.25, 0.3) is 0 Å². The first-order chi connectivity index (χ1) is 13.1. The van der Waals surface area contributed by atoms with Gasteiger partial charge in [0.15, 0.2) is 0 Å². The Labute approximate surface area is 161 Å². The van der Waals surface area contributed by atoms with E-state index in [9.17, 15) is 9.90 Å². The van der Waals surface area contributed by atoms with Gasteiger partial charge in [-0.2, -0.15) is 4.98 Å². The molecule has 1 amide bonds. The fourth-order valence-electron chi connectivity index (χ4n) is 3.19. The molecule has 5 N–H and O–H groups in total. The van der Waals surface area contributed by atoms with Gasteiger partial charge in [-0.05, 0) is 12.5 Å². The van der Waals surface area contributed by atoms with E-state index < -0.39 is 11.9 Å². The number of carbonyl (C=O) groups excluding carboxylic acids is 1. The van der Waals surface area contributed by atoms with Crippen LogP contribution in [0.4, 0.5) is 0 Å². The maximum absolute atomic E-state index is 11.4. The van der Waals surface area contributed by atoms with Crippen molar-refractivity contribution in [3.8, 4) is 0 Å². The number of aliphatic carboxylic acids is 2. The van der Waals surface area contributed by atoms with Gasteiger partial charge in [0.25, 0.3) is 23.7 Å². The Morgan fingerprint density at radius 3 is 2.43 bits per heavy atom. The minimum atomic E-state index is -0.833. The molecular weight excluding hydrogens is 374 g/mol. The summed E-state index contributed by atoms with van der Waals surface area (Å²) >= 11 is 0. The lowest BCUT2D eigenvalue weighted by Gasteiger charge is -2.24. The van der Waals surface area contributed by atoms with Gasteiger partial charge in [0.2, 0.25) is 5.89 Å². The second-order valence-electron chi connectivity index (χ2n) is 6.65. The third kappa shape index (κ3) is 6.87. The largest absolute Gasteiger partial charge is 0.481 e. The van der Waals surface area contributed by atoms with Gasteiger partial charge >= 0.3 is 0 Å². The number of nitrogens with one attached hydrogen (secondary N) is 2. The number of aliphatic hydroxyl groups is 1. The summed E-state index contributed by atoms with van der Waals surface area (Å²) in [4.78, 5) is 35.6. The van der Waals surface area contributed by atoms with Crippen LogP contribution in [0.1, 0.15) is 30.4 Å². The molecule has 0 spiro atoms. The van der Waals surface area contributed by atoms with Gasteiger partial charge in [0.1, 0.15) is 0 Å². The summed E-state index contributed by atoms with van der Waals surface area (Å²) in [7, 11) is 1.53. The van der Waals surface area contributed by atoms with Crippen LogP contribution in [0.3, 0.4) is 0 Å². The van der Waals surface area contributed by atoms with E-state index in [4.69, 9.17) is 24.3 Å². The molecule has 0 aliphatic carbocycles. The fourth-order valence-corrected chi connectivity index (χ4v) is 3.19. The standard InChI is InChI=1S/C12H19N5O3.2C2H4O2/c1-13-11(19)10-15-9(20-16-10)4-17-3-8-2-14-5-12(8,6-17)7-18;2*1-2(3)4/h8,14,18H,2-7H2,1H3,(H,13,19);2*1H3,(H,3,4). The number of carboxylic acids is 2. The van der Waals surface area contributed by atoms with Gasteiger partial charge in [-0.3, -0.25) is 19.3 Å². The highest BCUT2D eigenvalue weighted by atomic mass is 16.5. The molecule has 0 aromatic carbocycles. The van der Waals surface area contributed by atoms with Crippen molar-refractivity contribution in [2.75, 3.05) is 39.8 Å². The molecule has 28 heavy (non-hydrogen) atoms. The second-order valence-corrected chi connectivity index (χ2v) is 6.65. The van der Waals surface area contributed by atoms with Gasteiger partial charge < -0.3 is 30.5 Å². The summed E-state index contributed by atoms with van der Waals surface area (Å²) in [5.41, 5.74) is -0.0519. The van der Waals surface area contributed by atoms with Crippen LogP contribution < -0.4 is 10.6 Å². The molecule has 0 radical (unpaired) electrons. The molecule has 12 heteroatoms. The van der Waals surface area contributed by atoms with Gasteiger partial charge in [-0.25, -0.2) is 0 Å². The highest BCUT2D eigenvalue weighted by molar-refractivity contribution is 5.89. The van der Waals surface area contributed by atoms with Crippen LogP contribution in [0.5, 0.6) is 0 Å². The van der Waals surface area contributed by atoms with Crippen molar-refractivity contribution >= 4 is 17.8 Å². The number of carbonyl (C=O) groups is 3. The molecule has 2 atom stereocenters. The van der Waals surface area contributed by atoms with Gasteiger partial charge in [0.05, 0.1) is 13.2 Å². The number of amides is 1. The maximum Gasteiger partial charge on any atom is 0.300 e. The molecule has 0 bridgehead atoms. The average molecular weight is 401 g/mol. The fraction of sp³-hybridized carbons (Fsp3) is 0.688. The van der Waals surface area contributed by atoms with Crippen molar-refractivity contribution < 1.29 is 34.2 Å². The predicted octanol–water partition coefficient (Wildman–Crippen LogP) is -1.38. The summed E-state index contributed by atoms with van der Waals surface area (Å²) < 4.78 is 5.10. The van der Waals surface area contributed by atoms with E-state index in [-0.39, 0.29) is 23.8 Å². The molecule has 2 saturated heterocycles. The highest BCUT2D eigenvalue weighted by Gasteiger charge is 2.49. The van der Waals surface area contributed by atoms with Crippen molar-refractivity contribution in [2.24, 2.45) is 11.3 Å². The molecule has 3 heterocycles. The first kappa shape index (κ1) is 23.5. The number of rotatable bonds is 4. The number of fused-ring (bicyclic) bond motifs is 1. The maximum atomic E-state index is 11.4. The zero-order valence-electron chi connectivity index (χ0n) is 16.1. The van der Waals surface area contributed by atoms with E-state index in [2.05, 4.69) is 25.7 Å². The van der Waals surface area contributed by atoms with Crippen molar-refractivity contribution in [3.63, 3.8) is 0 Å². The monoisotopic (exact) mass is 401 g/mol. The number of nitrogens with zero attached hydrogens (tertiary/aromatic N) is 3. The van der Waals surface area contributed by atoms with E-state index in [0.29, 0.717) is 18.4 Å². The lowest BCUT2D eigenvalue weighted by molar-refractivity contribution is -0.135. The summed E-state index contributed by atoms with van der Waals surface area (Å²) in [6.07, 6.45) is 0. The number of hydrogen-bond donors (Lipinski definition) is 5. The van der Waals surface area contributed by atoms with Crippen LogP contribution >= 0.6 is 0 Å². The van der Waals surface area contributed by atoms with Gasteiger partial charge in [-0.1, -0.05) is 5.16 Å². The molecule has 1 aromatic heterocycles. The lowest BCUT2D eigenvalue weighted by Crippen LogP contribution is -2.35. The van der Waals surface area contributed by atoms with E-state index in [1.165, 1.54) is 7.05 Å². The average Bonchev–Trinajstić information content (AvgIpc) is 3.27. The third-order valence-electron chi connectivity index (χ3n) is 4.32. The number of hydrogen-bond acceptors (Lipinski definition) is 9. The van der Waals surface area contributed by atoms with E-state index in [1.807, 2.05) is 0 Å². The van der Waals surface area contributed by atoms with Crippen LogP contribution in [0.15, 0.2) is 4.52 Å². The quantitative estimate of drug-likeness (QED) is 0.402. The van der Waals surface area contributed by atoms with E-state index in [0.717, 1.165) is 40.0 Å². The first-order valence-corrected chi connectivity index (χ1v) is 8.61. The second kappa shape index (κ2) is 10.7. The van der Waals surface area contributed by atoms with Crippen LogP contribution in [-0.2, 0) is 16.1 Å². The Balaban J connectivity index is 0.000000420. The number of aromatic nitrogens is 2. The zero-order valence-corrected chi connectivity index (χ0v) is 16.1. The zero-order chi connectivity index (χ0) is 21.3. The molecule has 3 rings (SSSR count). The summed E-state index contributed by atoms with van der Waals surface area (Å²) in [5, 5.41) is 33.9. The molecule has 2 aliphatic heterocycles. The topological polar surface area (TPSA) is 178 Å². The number of likely N-dealkylation sites (tertiary alicyclic amines) is 1. The van der Waals surface area contributed by atoms with Crippen LogP contribution in [0, 0.1) is 11.3 Å². The summed E-state index contributed by atoms with van der Waals surface area (Å²) in [5.74, 6) is -1.08. The Morgan fingerprint density at radius 2 is 1.93 bits per heavy atom. The summed E-state index contributed by atoms with van der Waals surface area (Å²) in [6.45, 7) is 6.35. The number of carboxylic acid groups (broad SMARTS) is 2. The highest BCUT2D eigenvalue weighted by Crippen LogP contribution is 2.38. The van der Waals surface area contributed by atoms with Gasteiger partial charge in [-0.15, -0.1) is 0 Å². The Hall–Kier alpha value is -2.57. The minimum Gasteiger partial charge on any atom is -0.481 e. The minimum absolute atomic E-state index is 0.0519. The predicted molar refractivity (Wildman–Crippen MR) is 95.5 cm³/mol. The Kier molecular flexibility index (Phi) is 8.96. The van der Waals surface area contributed by atoms with E-state index in [1.54, 1.807) is 0 Å². The molecule has 2 unspecified atom stereocenters. The number of aliphatic hydroxyl groups excluding tert-OH is 1. The Morgan fingerprint density at radius 1 is 1.32 bits per heavy atom. The molecule has 2 fully saturated rings. The molecular formula is C16H27N5O7. The molecule has 0 saturated carbocycles. The molecule has 12 nitrogen and oxygen atoms in total. The van der Waals surface area contributed by atoms with Crippen molar-refractivity contribution in [1.82, 2.24) is 25.7 Å². The summed E-state index contributed by atoms with van der Waals surface area (Å²) in [6, 6.07) is 0. The SMILES string of the molecule is CC(=O)O.CC(=O)O.CNC(=O)c1noc(CN2CC3CNCC3(CO)C2)n1. The molecule has 2 aliphatic rings.